The van der Waals surface area contributed by atoms with Crippen LogP contribution in [-0.2, 0) is 14.3 Å². The van der Waals surface area contributed by atoms with Crippen LogP contribution in [0.2, 0.25) is 0 Å². The van der Waals surface area contributed by atoms with Gasteiger partial charge in [-0.3, -0.25) is 4.18 Å². The summed E-state index contributed by atoms with van der Waals surface area (Å²) in [4.78, 5) is 13.0. The van der Waals surface area contributed by atoms with Gasteiger partial charge in [0.1, 0.15) is 23.6 Å². The maximum absolute atomic E-state index is 14.0. The Kier molecular flexibility index (Phi) is 5.68. The number of aromatic nitrogens is 3. The van der Waals surface area contributed by atoms with Gasteiger partial charge in [-0.25, -0.2) is 23.7 Å². The first kappa shape index (κ1) is 20.2. The van der Waals surface area contributed by atoms with E-state index < -0.39 is 27.9 Å². The van der Waals surface area contributed by atoms with Gasteiger partial charge >= 0.3 is 0 Å². The van der Waals surface area contributed by atoms with Gasteiger partial charge in [-0.05, 0) is 26.0 Å². The van der Waals surface area contributed by atoms with Gasteiger partial charge in [0.15, 0.2) is 10.8 Å². The highest BCUT2D eigenvalue weighted by atomic mass is 32.2. The zero-order chi connectivity index (χ0) is 20.5. The zero-order valence-electron chi connectivity index (χ0n) is 15.1. The Morgan fingerprint density at radius 2 is 1.93 bits per heavy atom. The molecule has 0 bridgehead atoms. The molecule has 0 saturated heterocycles. The number of rotatable bonds is 6. The summed E-state index contributed by atoms with van der Waals surface area (Å²) in [6.07, 6.45) is 0.0273. The van der Waals surface area contributed by atoms with Crippen LogP contribution in [0.1, 0.15) is 24.4 Å². The van der Waals surface area contributed by atoms with Gasteiger partial charge in [0.25, 0.3) is 10.1 Å². The molecule has 1 aromatic carbocycles. The van der Waals surface area contributed by atoms with Crippen molar-refractivity contribution in [2.45, 2.75) is 20.0 Å². The van der Waals surface area contributed by atoms with Gasteiger partial charge in [-0.1, -0.05) is 0 Å². The van der Waals surface area contributed by atoms with E-state index in [9.17, 15) is 17.2 Å². The van der Waals surface area contributed by atoms with Crippen LogP contribution >= 0.6 is 11.3 Å². The van der Waals surface area contributed by atoms with Crippen LogP contribution in [0.25, 0.3) is 10.8 Å². The number of hydrogen-bond acceptors (Lipinski definition) is 8. The van der Waals surface area contributed by atoms with Crippen LogP contribution in [0.15, 0.2) is 29.6 Å². The molecule has 0 aliphatic rings. The van der Waals surface area contributed by atoms with Crippen molar-refractivity contribution in [1.82, 2.24) is 15.0 Å². The van der Waals surface area contributed by atoms with Gasteiger partial charge in [-0.15, -0.1) is 11.3 Å². The molecule has 7 nitrogen and oxygen atoms in total. The number of aryl methyl sites for hydroxylation is 1. The summed E-state index contributed by atoms with van der Waals surface area (Å²) in [6, 6.07) is 4.51. The Bertz CT molecular complexity index is 1120. The van der Waals surface area contributed by atoms with E-state index in [4.69, 9.17) is 4.18 Å². The fraction of sp³-hybridized carbons (Fsp3) is 0.235. The Morgan fingerprint density at radius 1 is 1.18 bits per heavy atom. The molecule has 3 aromatic rings. The first-order valence-electron chi connectivity index (χ1n) is 8.02. The molecule has 1 unspecified atom stereocenters. The number of hydrogen-bond donors (Lipinski definition) is 1. The molecule has 0 radical (unpaired) electrons. The average molecular weight is 426 g/mol. The maximum Gasteiger partial charge on any atom is 0.265 e. The summed E-state index contributed by atoms with van der Waals surface area (Å²) >= 11 is 1.31. The molecule has 0 fully saturated rings. The molecule has 0 spiro atoms. The number of thiazole rings is 1. The third-order valence-corrected chi connectivity index (χ3v) is 5.08. The number of anilines is 2. The largest absolute Gasteiger partial charge is 0.338 e. The Labute approximate surface area is 164 Å². The summed E-state index contributed by atoms with van der Waals surface area (Å²) in [5.41, 5.74) is 1.03. The fourth-order valence-electron chi connectivity index (χ4n) is 2.33. The molecule has 2 heterocycles. The third-order valence-electron chi connectivity index (χ3n) is 3.49. The predicted octanol–water partition coefficient (Wildman–Crippen LogP) is 3.97. The van der Waals surface area contributed by atoms with Crippen molar-refractivity contribution >= 4 is 33.0 Å². The first-order valence-corrected chi connectivity index (χ1v) is 10.7. The standard InChI is InChI=1S/C17H16F2N4O3S2/c1-9-8-27-17(20-9)16-22-14(10(2)26-28(3,24)25)7-15(23-16)21-13-5-4-11(18)6-12(13)19/h4-8,10H,1-3H3,(H,21,22,23). The van der Waals surface area contributed by atoms with Gasteiger partial charge in [0.05, 0.1) is 17.6 Å². The van der Waals surface area contributed by atoms with E-state index in [2.05, 4.69) is 20.3 Å². The highest BCUT2D eigenvalue weighted by molar-refractivity contribution is 7.86. The van der Waals surface area contributed by atoms with E-state index in [1.54, 1.807) is 0 Å². The minimum atomic E-state index is -3.72. The molecule has 11 heteroatoms. The predicted molar refractivity (Wildman–Crippen MR) is 102 cm³/mol. The molecule has 1 atom stereocenters. The number of nitrogens with zero attached hydrogens (tertiary/aromatic N) is 3. The molecule has 148 valence electrons. The zero-order valence-corrected chi connectivity index (χ0v) is 16.7. The lowest BCUT2D eigenvalue weighted by Gasteiger charge is -2.14. The molecule has 1 N–H and O–H groups in total. The lowest BCUT2D eigenvalue weighted by atomic mass is 10.2. The van der Waals surface area contributed by atoms with Crippen molar-refractivity contribution < 1.29 is 21.4 Å². The van der Waals surface area contributed by atoms with Gasteiger partial charge in [0.2, 0.25) is 0 Å². The molecule has 3 rings (SSSR count). The van der Waals surface area contributed by atoms with Crippen LogP contribution in [0, 0.1) is 18.6 Å². The first-order chi connectivity index (χ1) is 13.1. The van der Waals surface area contributed by atoms with Crippen molar-refractivity contribution in [2.75, 3.05) is 11.6 Å². The molecular formula is C17H16F2N4O3S2. The minimum Gasteiger partial charge on any atom is -0.338 e. The van der Waals surface area contributed by atoms with Crippen molar-refractivity contribution in [3.63, 3.8) is 0 Å². The van der Waals surface area contributed by atoms with Crippen molar-refractivity contribution in [2.24, 2.45) is 0 Å². The van der Waals surface area contributed by atoms with E-state index in [0.717, 1.165) is 24.1 Å². The second kappa shape index (κ2) is 7.86. The minimum absolute atomic E-state index is 0.00371. The summed E-state index contributed by atoms with van der Waals surface area (Å²) in [7, 11) is -3.72. The highest BCUT2D eigenvalue weighted by Crippen LogP contribution is 2.28. The highest BCUT2D eigenvalue weighted by Gasteiger charge is 2.19. The SMILES string of the molecule is Cc1csc(-c2nc(Nc3ccc(F)cc3F)cc(C(C)OS(C)(=O)=O)n2)n1. The second-order valence-corrected chi connectivity index (χ2v) is 8.45. The monoisotopic (exact) mass is 426 g/mol. The number of benzene rings is 1. The topological polar surface area (TPSA) is 94.1 Å². The van der Waals surface area contributed by atoms with E-state index in [1.807, 2.05) is 12.3 Å². The number of halogens is 2. The lowest BCUT2D eigenvalue weighted by molar-refractivity contribution is 0.232. The molecule has 0 saturated carbocycles. The third kappa shape index (κ3) is 5.06. The Morgan fingerprint density at radius 3 is 2.54 bits per heavy atom. The van der Waals surface area contributed by atoms with Crippen LogP contribution in [0.5, 0.6) is 0 Å². The maximum atomic E-state index is 14.0. The van der Waals surface area contributed by atoms with E-state index in [1.165, 1.54) is 30.4 Å². The van der Waals surface area contributed by atoms with Crippen molar-refractivity contribution in [3.05, 3.63) is 52.7 Å². The van der Waals surface area contributed by atoms with Gasteiger partial charge < -0.3 is 5.32 Å². The van der Waals surface area contributed by atoms with Crippen LogP contribution in [0.4, 0.5) is 20.3 Å². The Balaban J connectivity index is 2.04. The van der Waals surface area contributed by atoms with Crippen LogP contribution < -0.4 is 5.32 Å². The van der Waals surface area contributed by atoms with E-state index in [-0.39, 0.29) is 23.0 Å². The lowest BCUT2D eigenvalue weighted by Crippen LogP contribution is -2.11. The smallest absolute Gasteiger partial charge is 0.265 e. The average Bonchev–Trinajstić information content (AvgIpc) is 3.02. The molecule has 2 aromatic heterocycles. The molecule has 0 amide bonds. The molecule has 28 heavy (non-hydrogen) atoms. The normalized spacial score (nSPS) is 12.8. The second-order valence-electron chi connectivity index (χ2n) is 5.99. The molecule has 0 aliphatic heterocycles. The van der Waals surface area contributed by atoms with Crippen LogP contribution in [0.3, 0.4) is 0 Å². The Hall–Kier alpha value is -2.50. The van der Waals surface area contributed by atoms with E-state index >= 15 is 0 Å². The summed E-state index contributed by atoms with van der Waals surface area (Å²) in [6.45, 7) is 3.33. The van der Waals surface area contributed by atoms with Crippen molar-refractivity contribution in [3.8, 4) is 10.8 Å². The summed E-state index contributed by atoms with van der Waals surface area (Å²) in [5, 5.41) is 5.08. The van der Waals surface area contributed by atoms with Crippen LogP contribution in [-0.4, -0.2) is 29.6 Å². The number of nitrogens with one attached hydrogen (secondary N) is 1. The summed E-state index contributed by atoms with van der Waals surface area (Å²) in [5.74, 6) is -1.10. The fourth-order valence-corrected chi connectivity index (χ4v) is 3.68. The summed E-state index contributed by atoms with van der Waals surface area (Å²) < 4.78 is 55.0. The molecular weight excluding hydrogens is 410 g/mol. The van der Waals surface area contributed by atoms with E-state index in [0.29, 0.717) is 5.01 Å². The van der Waals surface area contributed by atoms with Crippen molar-refractivity contribution in [1.29, 1.82) is 0 Å². The van der Waals surface area contributed by atoms with Gasteiger partial charge in [0, 0.05) is 23.2 Å². The molecule has 0 aliphatic carbocycles. The quantitative estimate of drug-likeness (QED) is 0.596. The van der Waals surface area contributed by atoms with Gasteiger partial charge in [-0.2, -0.15) is 8.42 Å².